The summed E-state index contributed by atoms with van der Waals surface area (Å²) in [5.74, 6) is 1.62. The maximum absolute atomic E-state index is 4.15. The van der Waals surface area contributed by atoms with E-state index >= 15 is 0 Å². The molecule has 6 nitrogen and oxygen atoms in total. The Balaban J connectivity index is 2.06. The van der Waals surface area contributed by atoms with Gasteiger partial charge in [0.1, 0.15) is 0 Å². The van der Waals surface area contributed by atoms with E-state index in [-0.39, 0.29) is 0 Å². The van der Waals surface area contributed by atoms with E-state index in [1.165, 1.54) is 0 Å². The van der Waals surface area contributed by atoms with E-state index in [4.69, 9.17) is 0 Å². The van der Waals surface area contributed by atoms with Gasteiger partial charge in [-0.05, 0) is 26.0 Å². The lowest BCUT2D eigenvalue weighted by molar-refractivity contribution is 0.689. The first-order chi connectivity index (χ1) is 8.70. The summed E-state index contributed by atoms with van der Waals surface area (Å²) in [4.78, 5) is 4.14. The molecule has 0 saturated heterocycles. The molecule has 0 radical (unpaired) electrons. The third-order valence-electron chi connectivity index (χ3n) is 2.45. The molecule has 0 aliphatic rings. The van der Waals surface area contributed by atoms with Crippen molar-refractivity contribution in [1.82, 2.24) is 25.2 Å². The second-order valence-corrected chi connectivity index (χ2v) is 4.27. The molecular formula is C12H18N6. The van der Waals surface area contributed by atoms with E-state index in [1.54, 1.807) is 7.05 Å². The number of pyridine rings is 1. The van der Waals surface area contributed by atoms with Crippen molar-refractivity contribution < 1.29 is 0 Å². The van der Waals surface area contributed by atoms with Crippen molar-refractivity contribution in [2.24, 2.45) is 4.99 Å². The summed E-state index contributed by atoms with van der Waals surface area (Å²) in [5, 5.41) is 14.7. The summed E-state index contributed by atoms with van der Waals surface area (Å²) < 4.78 is 1.95. The predicted molar refractivity (Wildman–Crippen MR) is 71.5 cm³/mol. The summed E-state index contributed by atoms with van der Waals surface area (Å²) in [7, 11) is 1.75. The topological polar surface area (TPSA) is 66.6 Å². The Labute approximate surface area is 106 Å². The van der Waals surface area contributed by atoms with Gasteiger partial charge in [0.05, 0.1) is 6.54 Å². The molecule has 0 unspecified atom stereocenters. The van der Waals surface area contributed by atoms with Gasteiger partial charge in [-0.15, -0.1) is 10.2 Å². The van der Waals surface area contributed by atoms with Crippen molar-refractivity contribution in [2.75, 3.05) is 7.05 Å². The average molecular weight is 246 g/mol. The third kappa shape index (κ3) is 2.77. The van der Waals surface area contributed by atoms with E-state index < -0.39 is 0 Å². The van der Waals surface area contributed by atoms with E-state index in [0.29, 0.717) is 12.6 Å². The zero-order valence-electron chi connectivity index (χ0n) is 10.9. The van der Waals surface area contributed by atoms with Crippen LogP contribution in [0.4, 0.5) is 0 Å². The number of rotatable bonds is 3. The molecule has 0 aromatic carbocycles. The quantitative estimate of drug-likeness (QED) is 0.621. The minimum Gasteiger partial charge on any atom is -0.354 e. The van der Waals surface area contributed by atoms with Crippen molar-refractivity contribution in [3.63, 3.8) is 0 Å². The number of fused-ring (bicyclic) bond motifs is 1. The molecular weight excluding hydrogens is 228 g/mol. The van der Waals surface area contributed by atoms with Gasteiger partial charge in [-0.25, -0.2) is 0 Å². The van der Waals surface area contributed by atoms with E-state index in [2.05, 4.69) is 39.7 Å². The first-order valence-corrected chi connectivity index (χ1v) is 5.96. The van der Waals surface area contributed by atoms with Gasteiger partial charge < -0.3 is 10.6 Å². The Morgan fingerprint density at radius 1 is 1.39 bits per heavy atom. The Hall–Kier alpha value is -2.11. The highest BCUT2D eigenvalue weighted by molar-refractivity contribution is 5.79. The minimum atomic E-state index is 0.339. The molecule has 0 atom stereocenters. The maximum Gasteiger partial charge on any atom is 0.191 e. The van der Waals surface area contributed by atoms with Gasteiger partial charge in [0.15, 0.2) is 17.4 Å². The summed E-state index contributed by atoms with van der Waals surface area (Å²) in [6.45, 7) is 4.72. The van der Waals surface area contributed by atoms with E-state index in [9.17, 15) is 0 Å². The fourth-order valence-electron chi connectivity index (χ4n) is 1.64. The van der Waals surface area contributed by atoms with Gasteiger partial charge in [0.2, 0.25) is 0 Å². The van der Waals surface area contributed by atoms with Crippen molar-refractivity contribution >= 4 is 11.6 Å². The predicted octanol–water partition coefficient (Wildman–Crippen LogP) is 0.803. The van der Waals surface area contributed by atoms with Crippen LogP contribution in [0.1, 0.15) is 19.7 Å². The maximum atomic E-state index is 4.15. The summed E-state index contributed by atoms with van der Waals surface area (Å²) >= 11 is 0. The van der Waals surface area contributed by atoms with Crippen molar-refractivity contribution in [3.05, 3.63) is 30.2 Å². The second-order valence-electron chi connectivity index (χ2n) is 4.27. The van der Waals surface area contributed by atoms with Crippen LogP contribution >= 0.6 is 0 Å². The molecule has 0 amide bonds. The number of nitrogens with one attached hydrogen (secondary N) is 2. The van der Waals surface area contributed by atoms with Crippen LogP contribution in [0.15, 0.2) is 29.4 Å². The molecule has 0 bridgehead atoms. The number of guanidine groups is 1. The number of aromatic nitrogens is 3. The van der Waals surface area contributed by atoms with Crippen molar-refractivity contribution in [1.29, 1.82) is 0 Å². The Morgan fingerprint density at radius 2 is 2.22 bits per heavy atom. The fraction of sp³-hybridized carbons (Fsp3) is 0.417. The standard InChI is InChI=1S/C12H18N6/c1-9(2)15-12(13-3)14-8-11-17-16-10-6-4-5-7-18(10)11/h4-7,9H,8H2,1-3H3,(H2,13,14,15). The summed E-state index contributed by atoms with van der Waals surface area (Å²) in [5.41, 5.74) is 0.848. The zero-order valence-corrected chi connectivity index (χ0v) is 10.9. The molecule has 0 spiro atoms. The van der Waals surface area contributed by atoms with E-state index in [0.717, 1.165) is 17.4 Å². The Morgan fingerprint density at radius 3 is 2.94 bits per heavy atom. The first kappa shape index (κ1) is 12.3. The monoisotopic (exact) mass is 246 g/mol. The summed E-state index contributed by atoms with van der Waals surface area (Å²) in [6.07, 6.45) is 1.95. The van der Waals surface area contributed by atoms with Crippen LogP contribution in [-0.2, 0) is 6.54 Å². The van der Waals surface area contributed by atoms with E-state index in [1.807, 2.05) is 28.8 Å². The number of aliphatic imine (C=N–C) groups is 1. The lowest BCUT2D eigenvalue weighted by Gasteiger charge is -2.13. The SMILES string of the molecule is CN=C(NCc1nnc2ccccn12)NC(C)C. The lowest BCUT2D eigenvalue weighted by Crippen LogP contribution is -2.40. The molecule has 2 aromatic rings. The van der Waals surface area contributed by atoms with Crippen LogP contribution in [-0.4, -0.2) is 33.6 Å². The van der Waals surface area contributed by atoms with Gasteiger partial charge in [-0.2, -0.15) is 0 Å². The van der Waals surface area contributed by atoms with Crippen LogP contribution in [0.25, 0.3) is 5.65 Å². The van der Waals surface area contributed by atoms with Crippen molar-refractivity contribution in [2.45, 2.75) is 26.4 Å². The second kappa shape index (κ2) is 5.48. The number of nitrogens with zero attached hydrogens (tertiary/aromatic N) is 4. The number of hydrogen-bond donors (Lipinski definition) is 2. The molecule has 0 aliphatic heterocycles. The van der Waals surface area contributed by atoms with Crippen LogP contribution in [0.5, 0.6) is 0 Å². The van der Waals surface area contributed by atoms with Crippen LogP contribution in [0, 0.1) is 0 Å². The average Bonchev–Trinajstić information content (AvgIpc) is 2.77. The van der Waals surface area contributed by atoms with Gasteiger partial charge in [-0.3, -0.25) is 9.39 Å². The molecule has 0 aliphatic carbocycles. The first-order valence-electron chi connectivity index (χ1n) is 5.96. The molecule has 0 fully saturated rings. The van der Waals surface area contributed by atoms with Gasteiger partial charge >= 0.3 is 0 Å². The highest BCUT2D eigenvalue weighted by atomic mass is 15.3. The zero-order chi connectivity index (χ0) is 13.0. The Bertz CT molecular complexity index is 542. The number of hydrogen-bond acceptors (Lipinski definition) is 3. The lowest BCUT2D eigenvalue weighted by atomic mass is 10.4. The third-order valence-corrected chi connectivity index (χ3v) is 2.45. The molecule has 18 heavy (non-hydrogen) atoms. The molecule has 6 heteroatoms. The largest absolute Gasteiger partial charge is 0.354 e. The molecule has 2 aromatic heterocycles. The summed E-state index contributed by atoms with van der Waals surface area (Å²) in [6, 6.07) is 6.17. The normalized spacial score (nSPS) is 12.1. The molecule has 2 heterocycles. The van der Waals surface area contributed by atoms with Crippen molar-refractivity contribution in [3.8, 4) is 0 Å². The minimum absolute atomic E-state index is 0.339. The van der Waals surface area contributed by atoms with Gasteiger partial charge in [-0.1, -0.05) is 6.07 Å². The molecule has 2 rings (SSSR count). The van der Waals surface area contributed by atoms with Gasteiger partial charge in [0, 0.05) is 19.3 Å². The van der Waals surface area contributed by atoms with Crippen LogP contribution in [0.3, 0.4) is 0 Å². The van der Waals surface area contributed by atoms with Gasteiger partial charge in [0.25, 0.3) is 0 Å². The molecule has 2 N–H and O–H groups in total. The molecule has 96 valence electrons. The highest BCUT2D eigenvalue weighted by Gasteiger charge is 2.05. The molecule has 0 saturated carbocycles. The fourth-order valence-corrected chi connectivity index (χ4v) is 1.64. The highest BCUT2D eigenvalue weighted by Crippen LogP contribution is 2.02. The van der Waals surface area contributed by atoms with Crippen LogP contribution in [0.2, 0.25) is 0 Å². The smallest absolute Gasteiger partial charge is 0.191 e. The van der Waals surface area contributed by atoms with Crippen LogP contribution < -0.4 is 10.6 Å². The Kier molecular flexibility index (Phi) is 3.76.